The van der Waals surface area contributed by atoms with Gasteiger partial charge in [-0.05, 0) is 32.6 Å². The standard InChI is InChI=1S/C12H21N3O/c1-2-15-8-7-14-11(15)12(9-13)5-3-10(16)4-6-12/h7-8,10,16H,2-6,9,13H2,1H3. The van der Waals surface area contributed by atoms with E-state index >= 15 is 0 Å². The Kier molecular flexibility index (Phi) is 3.30. The number of imidazole rings is 1. The largest absolute Gasteiger partial charge is 0.393 e. The molecule has 4 nitrogen and oxygen atoms in total. The van der Waals surface area contributed by atoms with Gasteiger partial charge in [-0.25, -0.2) is 4.98 Å². The third-order valence-electron chi connectivity index (χ3n) is 3.83. The lowest BCUT2D eigenvalue weighted by molar-refractivity contribution is 0.0936. The van der Waals surface area contributed by atoms with Crippen molar-refractivity contribution in [1.82, 2.24) is 9.55 Å². The molecule has 1 saturated carbocycles. The van der Waals surface area contributed by atoms with Crippen LogP contribution in [0.25, 0.3) is 0 Å². The Morgan fingerprint density at radius 2 is 2.25 bits per heavy atom. The number of aliphatic hydroxyl groups is 1. The van der Waals surface area contributed by atoms with Crippen LogP contribution in [0.4, 0.5) is 0 Å². The third-order valence-corrected chi connectivity index (χ3v) is 3.83. The summed E-state index contributed by atoms with van der Waals surface area (Å²) in [4.78, 5) is 4.48. The van der Waals surface area contributed by atoms with Crippen molar-refractivity contribution in [3.8, 4) is 0 Å². The molecule has 1 fully saturated rings. The first-order chi connectivity index (χ1) is 7.72. The topological polar surface area (TPSA) is 64.1 Å². The average molecular weight is 223 g/mol. The van der Waals surface area contributed by atoms with E-state index in [2.05, 4.69) is 16.5 Å². The number of nitrogens with two attached hydrogens (primary N) is 1. The van der Waals surface area contributed by atoms with Gasteiger partial charge in [0.15, 0.2) is 0 Å². The van der Waals surface area contributed by atoms with E-state index in [1.165, 1.54) is 0 Å². The molecule has 0 unspecified atom stereocenters. The van der Waals surface area contributed by atoms with Crippen LogP contribution in [0.5, 0.6) is 0 Å². The Morgan fingerprint density at radius 3 is 2.81 bits per heavy atom. The molecule has 3 N–H and O–H groups in total. The normalized spacial score (nSPS) is 30.6. The molecule has 0 aromatic carbocycles. The molecule has 1 aromatic rings. The summed E-state index contributed by atoms with van der Waals surface area (Å²) in [6.07, 6.45) is 7.29. The van der Waals surface area contributed by atoms with Crippen molar-refractivity contribution in [2.45, 2.75) is 50.7 Å². The van der Waals surface area contributed by atoms with Gasteiger partial charge in [0, 0.05) is 30.9 Å². The first-order valence-electron chi connectivity index (χ1n) is 6.11. The van der Waals surface area contributed by atoms with Gasteiger partial charge in [0.1, 0.15) is 5.82 Å². The molecule has 0 atom stereocenters. The van der Waals surface area contributed by atoms with E-state index in [-0.39, 0.29) is 11.5 Å². The number of aryl methyl sites for hydroxylation is 1. The summed E-state index contributed by atoms with van der Waals surface area (Å²) >= 11 is 0. The van der Waals surface area contributed by atoms with Crippen molar-refractivity contribution in [2.24, 2.45) is 5.73 Å². The van der Waals surface area contributed by atoms with E-state index in [4.69, 9.17) is 5.73 Å². The molecule has 0 radical (unpaired) electrons. The molecule has 0 aliphatic heterocycles. The van der Waals surface area contributed by atoms with Crippen LogP contribution >= 0.6 is 0 Å². The second-order valence-corrected chi connectivity index (χ2v) is 4.75. The van der Waals surface area contributed by atoms with Crippen LogP contribution in [0.2, 0.25) is 0 Å². The monoisotopic (exact) mass is 223 g/mol. The first kappa shape index (κ1) is 11.6. The van der Waals surface area contributed by atoms with E-state index in [0.717, 1.165) is 38.1 Å². The summed E-state index contributed by atoms with van der Waals surface area (Å²) in [5.41, 5.74) is 5.95. The molecule has 16 heavy (non-hydrogen) atoms. The summed E-state index contributed by atoms with van der Waals surface area (Å²) < 4.78 is 2.17. The van der Waals surface area contributed by atoms with Gasteiger partial charge in [0.2, 0.25) is 0 Å². The Bertz CT molecular complexity index is 340. The maximum atomic E-state index is 9.59. The summed E-state index contributed by atoms with van der Waals surface area (Å²) in [5.74, 6) is 1.10. The highest BCUT2D eigenvalue weighted by Crippen LogP contribution is 2.37. The lowest BCUT2D eigenvalue weighted by Crippen LogP contribution is -2.42. The van der Waals surface area contributed by atoms with Crippen LogP contribution in [0, 0.1) is 0 Å². The molecule has 1 aromatic heterocycles. The maximum absolute atomic E-state index is 9.59. The minimum Gasteiger partial charge on any atom is -0.393 e. The molecule has 90 valence electrons. The van der Waals surface area contributed by atoms with Crippen molar-refractivity contribution in [3.63, 3.8) is 0 Å². The Morgan fingerprint density at radius 1 is 1.56 bits per heavy atom. The zero-order valence-corrected chi connectivity index (χ0v) is 9.89. The number of hydrogen-bond acceptors (Lipinski definition) is 3. The van der Waals surface area contributed by atoms with Gasteiger partial charge in [0.25, 0.3) is 0 Å². The van der Waals surface area contributed by atoms with Crippen molar-refractivity contribution >= 4 is 0 Å². The fourth-order valence-corrected chi connectivity index (χ4v) is 2.70. The number of aromatic nitrogens is 2. The molecule has 2 rings (SSSR count). The molecular weight excluding hydrogens is 202 g/mol. The second-order valence-electron chi connectivity index (χ2n) is 4.75. The average Bonchev–Trinajstić information content (AvgIpc) is 2.79. The molecule has 1 heterocycles. The molecule has 1 aliphatic carbocycles. The second kappa shape index (κ2) is 4.55. The summed E-state index contributed by atoms with van der Waals surface area (Å²) in [5, 5.41) is 9.59. The molecular formula is C12H21N3O. The summed E-state index contributed by atoms with van der Waals surface area (Å²) in [7, 11) is 0. The zero-order chi connectivity index (χ0) is 11.6. The zero-order valence-electron chi connectivity index (χ0n) is 9.89. The van der Waals surface area contributed by atoms with Gasteiger partial charge < -0.3 is 15.4 Å². The van der Waals surface area contributed by atoms with Gasteiger partial charge in [-0.15, -0.1) is 0 Å². The molecule has 0 bridgehead atoms. The molecule has 0 saturated heterocycles. The van der Waals surface area contributed by atoms with Gasteiger partial charge in [-0.3, -0.25) is 0 Å². The van der Waals surface area contributed by atoms with Crippen molar-refractivity contribution < 1.29 is 5.11 Å². The molecule has 0 amide bonds. The van der Waals surface area contributed by atoms with Crippen molar-refractivity contribution in [2.75, 3.05) is 6.54 Å². The molecule has 1 aliphatic rings. The SMILES string of the molecule is CCn1ccnc1C1(CN)CCC(O)CC1. The highest BCUT2D eigenvalue weighted by molar-refractivity contribution is 5.13. The lowest BCUT2D eigenvalue weighted by Gasteiger charge is -2.37. The van der Waals surface area contributed by atoms with Crippen molar-refractivity contribution in [1.29, 1.82) is 0 Å². The lowest BCUT2D eigenvalue weighted by atomic mass is 9.72. The summed E-state index contributed by atoms with van der Waals surface area (Å²) in [6.45, 7) is 3.67. The Balaban J connectivity index is 2.27. The van der Waals surface area contributed by atoms with Crippen LogP contribution < -0.4 is 5.73 Å². The van der Waals surface area contributed by atoms with E-state index < -0.39 is 0 Å². The summed E-state index contributed by atoms with van der Waals surface area (Å²) in [6, 6.07) is 0. The van der Waals surface area contributed by atoms with Crippen LogP contribution in [-0.4, -0.2) is 27.3 Å². The Hall–Kier alpha value is -0.870. The minimum atomic E-state index is -0.148. The number of aliphatic hydroxyl groups excluding tert-OH is 1. The van der Waals surface area contributed by atoms with Crippen LogP contribution in [0.1, 0.15) is 38.4 Å². The van der Waals surface area contributed by atoms with Crippen LogP contribution in [0.15, 0.2) is 12.4 Å². The third kappa shape index (κ3) is 1.87. The predicted octanol–water partition coefficient (Wildman–Crippen LogP) is 1.03. The highest BCUT2D eigenvalue weighted by Gasteiger charge is 2.38. The Labute approximate surface area is 96.5 Å². The number of nitrogens with zero attached hydrogens (tertiary/aromatic N) is 2. The number of rotatable bonds is 3. The van der Waals surface area contributed by atoms with E-state index in [1.807, 2.05) is 12.4 Å². The van der Waals surface area contributed by atoms with Crippen molar-refractivity contribution in [3.05, 3.63) is 18.2 Å². The van der Waals surface area contributed by atoms with E-state index in [0.29, 0.717) is 6.54 Å². The van der Waals surface area contributed by atoms with E-state index in [9.17, 15) is 5.11 Å². The van der Waals surface area contributed by atoms with Gasteiger partial charge in [0.05, 0.1) is 6.10 Å². The van der Waals surface area contributed by atoms with E-state index in [1.54, 1.807) is 0 Å². The van der Waals surface area contributed by atoms with Crippen LogP contribution in [-0.2, 0) is 12.0 Å². The highest BCUT2D eigenvalue weighted by atomic mass is 16.3. The fraction of sp³-hybridized carbons (Fsp3) is 0.750. The smallest absolute Gasteiger partial charge is 0.116 e. The quantitative estimate of drug-likeness (QED) is 0.804. The van der Waals surface area contributed by atoms with Gasteiger partial charge in [-0.2, -0.15) is 0 Å². The minimum absolute atomic E-state index is 0.0151. The predicted molar refractivity (Wildman–Crippen MR) is 63.1 cm³/mol. The maximum Gasteiger partial charge on any atom is 0.116 e. The van der Waals surface area contributed by atoms with Gasteiger partial charge >= 0.3 is 0 Å². The number of hydrogen-bond donors (Lipinski definition) is 2. The molecule has 4 heteroatoms. The molecule has 0 spiro atoms. The fourth-order valence-electron chi connectivity index (χ4n) is 2.70. The first-order valence-corrected chi connectivity index (χ1v) is 6.11. The van der Waals surface area contributed by atoms with Gasteiger partial charge in [-0.1, -0.05) is 0 Å². The van der Waals surface area contributed by atoms with Crippen LogP contribution in [0.3, 0.4) is 0 Å².